The van der Waals surface area contributed by atoms with Gasteiger partial charge in [0.25, 0.3) is 5.91 Å². The molecule has 12 heteroatoms. The molecule has 1 unspecified atom stereocenters. The van der Waals surface area contributed by atoms with Crippen molar-refractivity contribution in [3.63, 3.8) is 0 Å². The molecule has 2 fully saturated rings. The number of Topliss-reactive ketones (excluding diaryl/α,β-unsaturated/α-hetero) is 1. The quantitative estimate of drug-likeness (QED) is 0.312. The number of carbonyl (C=O) groups is 4. The lowest BCUT2D eigenvalue weighted by atomic mass is 9.86. The van der Waals surface area contributed by atoms with Crippen molar-refractivity contribution in [3.05, 3.63) is 64.6 Å². The zero-order chi connectivity index (χ0) is 30.2. The first-order valence-electron chi connectivity index (χ1n) is 13.8. The summed E-state index contributed by atoms with van der Waals surface area (Å²) < 4.78 is 33.0. The van der Waals surface area contributed by atoms with E-state index in [2.05, 4.69) is 10.6 Å². The van der Waals surface area contributed by atoms with Crippen molar-refractivity contribution >= 4 is 51.9 Å². The smallest absolute Gasteiger partial charge is 0.320 e. The molecule has 3 N–H and O–H groups in total. The van der Waals surface area contributed by atoms with Crippen LogP contribution in [0.1, 0.15) is 54.4 Å². The number of carboxylic acid groups (broad SMARTS) is 1. The van der Waals surface area contributed by atoms with Crippen molar-refractivity contribution in [2.24, 2.45) is 13.0 Å². The lowest BCUT2D eigenvalue weighted by Gasteiger charge is -2.33. The van der Waals surface area contributed by atoms with Crippen LogP contribution in [0.3, 0.4) is 0 Å². The van der Waals surface area contributed by atoms with Crippen LogP contribution in [-0.2, 0) is 23.1 Å². The predicted molar refractivity (Wildman–Crippen MR) is 153 cm³/mol. The molecule has 1 aromatic heterocycles. The number of nitrogens with one attached hydrogen (secondary N) is 2. The number of aryl methyl sites for hydroxylation is 1. The molecule has 222 valence electrons. The van der Waals surface area contributed by atoms with Crippen LogP contribution in [0.2, 0.25) is 5.02 Å². The van der Waals surface area contributed by atoms with Gasteiger partial charge in [0, 0.05) is 49.6 Å². The first kappa shape index (κ1) is 29.5. The summed E-state index contributed by atoms with van der Waals surface area (Å²) in [6, 6.07) is 8.42. The summed E-state index contributed by atoms with van der Waals surface area (Å²) in [4.78, 5) is 51.1. The van der Waals surface area contributed by atoms with Gasteiger partial charge in [-0.1, -0.05) is 29.8 Å². The molecule has 3 amide bonds. The lowest BCUT2D eigenvalue weighted by Crippen LogP contribution is -2.55. The summed E-state index contributed by atoms with van der Waals surface area (Å²) in [5.41, 5.74) is 1.05. The SMILES string of the molecule is Cn1cc(C(=O)Nc2cc(F)c(CC(=O)C3(F)CCCN3C(=O)NC3CCC(C(=O)O)CC3)cc2Cl)c2ccccc21. The van der Waals surface area contributed by atoms with Gasteiger partial charge >= 0.3 is 12.0 Å². The number of likely N-dealkylation sites (tertiary alicyclic amines) is 1. The number of para-hydroxylation sites is 1. The van der Waals surface area contributed by atoms with Crippen molar-refractivity contribution in [2.75, 3.05) is 11.9 Å². The predicted octanol–water partition coefficient (Wildman–Crippen LogP) is 5.45. The molecule has 1 aliphatic heterocycles. The van der Waals surface area contributed by atoms with E-state index >= 15 is 8.78 Å². The Kier molecular flexibility index (Phi) is 8.23. The van der Waals surface area contributed by atoms with Crippen molar-refractivity contribution in [3.8, 4) is 0 Å². The summed E-state index contributed by atoms with van der Waals surface area (Å²) >= 11 is 6.35. The van der Waals surface area contributed by atoms with Crippen LogP contribution in [0.15, 0.2) is 42.6 Å². The van der Waals surface area contributed by atoms with E-state index < -0.39 is 47.6 Å². The third-order valence-electron chi connectivity index (χ3n) is 8.27. The van der Waals surface area contributed by atoms with Crippen LogP contribution in [0.5, 0.6) is 0 Å². The van der Waals surface area contributed by atoms with Gasteiger partial charge in [0.2, 0.25) is 5.79 Å². The van der Waals surface area contributed by atoms with Crippen molar-refractivity contribution in [1.29, 1.82) is 0 Å². The fraction of sp³-hybridized carbons (Fsp3) is 0.400. The number of ketones is 1. The number of halogens is 3. The second-order valence-corrected chi connectivity index (χ2v) is 11.4. The highest BCUT2D eigenvalue weighted by Gasteiger charge is 2.50. The minimum atomic E-state index is -2.62. The normalized spacial score (nSPS) is 22.2. The fourth-order valence-corrected chi connectivity index (χ4v) is 6.15. The van der Waals surface area contributed by atoms with Gasteiger partial charge in [-0.15, -0.1) is 0 Å². The Morgan fingerprint density at radius 3 is 2.55 bits per heavy atom. The maximum atomic E-state index is 16.1. The Labute approximate surface area is 245 Å². The summed E-state index contributed by atoms with van der Waals surface area (Å²) in [6.45, 7) is 0.0148. The molecular formula is C30H31ClF2N4O5. The minimum Gasteiger partial charge on any atom is -0.481 e. The number of nitrogens with zero attached hydrogens (tertiary/aromatic N) is 2. The number of aliphatic carboxylic acids is 1. The van der Waals surface area contributed by atoms with Gasteiger partial charge in [0.05, 0.1) is 22.2 Å². The first-order chi connectivity index (χ1) is 20.0. The van der Waals surface area contributed by atoms with E-state index in [0.717, 1.165) is 16.5 Å². The van der Waals surface area contributed by atoms with Gasteiger partial charge in [-0.05, 0) is 55.9 Å². The number of alkyl halides is 1. The number of hydrogen-bond acceptors (Lipinski definition) is 4. The van der Waals surface area contributed by atoms with Crippen LogP contribution in [0, 0.1) is 11.7 Å². The summed E-state index contributed by atoms with van der Waals surface area (Å²) in [5, 5.41) is 15.2. The van der Waals surface area contributed by atoms with Crippen LogP contribution >= 0.6 is 11.6 Å². The number of carboxylic acids is 1. The van der Waals surface area contributed by atoms with Gasteiger partial charge in [0.1, 0.15) is 5.82 Å². The molecule has 0 bridgehead atoms. The molecule has 2 aromatic carbocycles. The monoisotopic (exact) mass is 600 g/mol. The van der Waals surface area contributed by atoms with E-state index in [0.29, 0.717) is 36.6 Å². The minimum absolute atomic E-state index is 0.00208. The maximum Gasteiger partial charge on any atom is 0.320 e. The number of benzene rings is 2. The summed E-state index contributed by atoms with van der Waals surface area (Å²) in [5.74, 6) is -6.29. The largest absolute Gasteiger partial charge is 0.481 e. The van der Waals surface area contributed by atoms with Crippen molar-refractivity contribution in [1.82, 2.24) is 14.8 Å². The van der Waals surface area contributed by atoms with Gasteiger partial charge in [-0.25, -0.2) is 13.6 Å². The topological polar surface area (TPSA) is 121 Å². The summed E-state index contributed by atoms with van der Waals surface area (Å²) in [7, 11) is 1.80. The zero-order valence-corrected chi connectivity index (χ0v) is 23.7. The lowest BCUT2D eigenvalue weighted by molar-refractivity contribution is -0.143. The fourth-order valence-electron chi connectivity index (χ4n) is 5.91. The molecule has 2 aliphatic rings. The number of urea groups is 1. The molecule has 0 spiro atoms. The molecule has 42 heavy (non-hydrogen) atoms. The number of carbonyl (C=O) groups excluding carboxylic acids is 3. The van der Waals surface area contributed by atoms with Crippen molar-refractivity contribution < 1.29 is 33.1 Å². The molecule has 1 atom stereocenters. The Morgan fingerprint density at radius 2 is 1.83 bits per heavy atom. The number of rotatable bonds is 7. The second-order valence-electron chi connectivity index (χ2n) is 11.0. The Hall–Kier alpha value is -3.99. The number of anilines is 1. The molecular weight excluding hydrogens is 570 g/mol. The van der Waals surface area contributed by atoms with Gasteiger partial charge in [-0.3, -0.25) is 19.3 Å². The van der Waals surface area contributed by atoms with Gasteiger partial charge < -0.3 is 20.3 Å². The second kappa shape index (κ2) is 11.7. The van der Waals surface area contributed by atoms with E-state index in [1.165, 1.54) is 6.07 Å². The van der Waals surface area contributed by atoms with Crippen LogP contribution in [0.4, 0.5) is 19.3 Å². The molecule has 0 radical (unpaired) electrons. The molecule has 3 aromatic rings. The number of amides is 3. The average Bonchev–Trinajstić information content (AvgIpc) is 3.52. The number of aromatic nitrogens is 1. The van der Waals surface area contributed by atoms with Crippen molar-refractivity contribution in [2.45, 2.75) is 56.8 Å². The van der Waals surface area contributed by atoms with Gasteiger partial charge in [-0.2, -0.15) is 0 Å². The molecule has 1 saturated heterocycles. The van der Waals surface area contributed by atoms with E-state index in [1.807, 2.05) is 12.1 Å². The van der Waals surface area contributed by atoms with Gasteiger partial charge in [0.15, 0.2) is 5.78 Å². The standard InChI is InChI=1S/C30H31ClF2N4O5/c1-36-16-21(20-5-2-3-6-25(20)36)27(39)35-24-15-23(32)18(13-22(24)31)14-26(38)30(33)11-4-12-37(30)29(42)34-19-9-7-17(8-10-19)28(40)41/h2-3,5-6,13,15-17,19H,4,7-12,14H2,1H3,(H,34,42)(H,35,39)(H,40,41). The molecule has 2 heterocycles. The molecule has 5 rings (SSSR count). The third kappa shape index (κ3) is 5.70. The average molecular weight is 601 g/mol. The maximum absolute atomic E-state index is 16.1. The molecule has 1 aliphatic carbocycles. The van der Waals surface area contributed by atoms with Crippen LogP contribution in [0.25, 0.3) is 10.9 Å². The van der Waals surface area contributed by atoms with E-state index in [1.54, 1.807) is 29.9 Å². The highest BCUT2D eigenvalue weighted by molar-refractivity contribution is 6.34. The Morgan fingerprint density at radius 1 is 1.12 bits per heavy atom. The van der Waals surface area contributed by atoms with E-state index in [-0.39, 0.29) is 41.7 Å². The number of fused-ring (bicyclic) bond motifs is 1. The summed E-state index contributed by atoms with van der Waals surface area (Å²) in [6.07, 6.45) is 2.73. The van der Waals surface area contributed by atoms with E-state index in [9.17, 15) is 19.2 Å². The zero-order valence-electron chi connectivity index (χ0n) is 23.0. The van der Waals surface area contributed by atoms with Crippen LogP contribution in [-0.4, -0.2) is 56.6 Å². The Balaban J connectivity index is 1.26. The van der Waals surface area contributed by atoms with Crippen LogP contribution < -0.4 is 10.6 Å². The van der Waals surface area contributed by atoms with E-state index in [4.69, 9.17) is 16.7 Å². The highest BCUT2D eigenvalue weighted by Crippen LogP contribution is 2.35. The third-order valence-corrected chi connectivity index (χ3v) is 8.58. The Bertz CT molecular complexity index is 1570. The molecule has 1 saturated carbocycles. The number of hydrogen-bond donors (Lipinski definition) is 3. The molecule has 9 nitrogen and oxygen atoms in total. The first-order valence-corrected chi connectivity index (χ1v) is 14.2. The highest BCUT2D eigenvalue weighted by atomic mass is 35.5.